The molecule has 2 rings (SSSR count). The molecular formula is C15H18Si. The Morgan fingerprint density at radius 1 is 0.750 bits per heavy atom. The van der Waals surface area contributed by atoms with E-state index < -0.39 is 0 Å². The predicted octanol–water partition coefficient (Wildman–Crippen LogP) is 2.99. The van der Waals surface area contributed by atoms with E-state index in [1.165, 1.54) is 33.8 Å². The lowest BCUT2D eigenvalue weighted by Gasteiger charge is -2.17. The van der Waals surface area contributed by atoms with Gasteiger partial charge in [-0.15, -0.1) is 0 Å². The van der Waals surface area contributed by atoms with Crippen molar-refractivity contribution in [3.63, 3.8) is 0 Å². The fourth-order valence-electron chi connectivity index (χ4n) is 2.19. The maximum absolute atomic E-state index is 2.24. The van der Waals surface area contributed by atoms with E-state index in [0.717, 1.165) is 0 Å². The molecule has 16 heavy (non-hydrogen) atoms. The summed E-state index contributed by atoms with van der Waals surface area (Å²) in [6.07, 6.45) is 1.28. The normalized spacial score (nSPS) is 10.8. The van der Waals surface area contributed by atoms with Crippen molar-refractivity contribution in [3.8, 4) is 0 Å². The maximum Gasteiger partial charge on any atom is 0.00863 e. The lowest BCUT2D eigenvalue weighted by atomic mass is 9.89. The summed E-state index contributed by atoms with van der Waals surface area (Å²) < 4.78 is 0. The number of hydrogen-bond donors (Lipinski definition) is 0. The smallest absolute Gasteiger partial charge is 0.00863 e. The lowest BCUT2D eigenvalue weighted by Crippen LogP contribution is -2.00. The Labute approximate surface area is 101 Å². The van der Waals surface area contributed by atoms with E-state index in [1.807, 2.05) is 0 Å². The molecule has 0 radical (unpaired) electrons. The Balaban J connectivity index is 2.31. The molecule has 0 bridgehead atoms. The molecule has 0 spiro atoms. The first-order valence-electron chi connectivity index (χ1n) is 6.01. The van der Waals surface area contributed by atoms with Crippen LogP contribution in [0, 0.1) is 0 Å². The fraction of sp³-hybridized carbons (Fsp3) is 0.200. The summed E-state index contributed by atoms with van der Waals surface area (Å²) >= 11 is 0. The number of benzene rings is 2. The molecule has 0 saturated carbocycles. The number of hydrogen-bond acceptors (Lipinski definition) is 0. The molecule has 0 aliphatic carbocycles. The molecular weight excluding hydrogens is 208 g/mol. The second-order valence-corrected chi connectivity index (χ2v) is 5.16. The molecule has 2 aromatic carbocycles. The molecule has 0 amide bonds. The monoisotopic (exact) mass is 226 g/mol. The third-order valence-corrected chi connectivity index (χ3v) is 3.56. The first-order valence-corrected chi connectivity index (χ1v) is 7.43. The zero-order valence-electron chi connectivity index (χ0n) is 9.77. The Morgan fingerprint density at radius 3 is 1.56 bits per heavy atom. The molecule has 0 aliphatic heterocycles. The van der Waals surface area contributed by atoms with Crippen molar-refractivity contribution in [2.24, 2.45) is 0 Å². The molecule has 1 heteroatoms. The van der Waals surface area contributed by atoms with E-state index in [-0.39, 0.29) is 0 Å². The zero-order valence-corrected chi connectivity index (χ0v) is 11.8. The van der Waals surface area contributed by atoms with E-state index in [4.69, 9.17) is 0 Å². The van der Waals surface area contributed by atoms with Gasteiger partial charge in [-0.05, 0) is 17.5 Å². The average Bonchev–Trinajstić information content (AvgIpc) is 2.38. The van der Waals surface area contributed by atoms with Crippen LogP contribution in [-0.2, 0) is 0 Å². The first-order chi connectivity index (χ1) is 7.92. The van der Waals surface area contributed by atoms with E-state index in [2.05, 4.69) is 60.7 Å². The molecule has 0 heterocycles. The van der Waals surface area contributed by atoms with Crippen molar-refractivity contribution in [3.05, 3.63) is 71.8 Å². The van der Waals surface area contributed by atoms with Gasteiger partial charge in [-0.3, -0.25) is 0 Å². The SMILES string of the molecule is [SiH3]CCC(c1ccccc1)c1ccccc1. The quantitative estimate of drug-likeness (QED) is 0.703. The molecule has 0 unspecified atom stereocenters. The van der Waals surface area contributed by atoms with Gasteiger partial charge in [0.2, 0.25) is 0 Å². The van der Waals surface area contributed by atoms with Gasteiger partial charge in [0.15, 0.2) is 0 Å². The van der Waals surface area contributed by atoms with Crippen LogP contribution in [0.15, 0.2) is 60.7 Å². The molecule has 0 aromatic heterocycles. The van der Waals surface area contributed by atoms with Gasteiger partial charge in [0.05, 0.1) is 0 Å². The van der Waals surface area contributed by atoms with Crippen LogP contribution in [-0.4, -0.2) is 10.2 Å². The van der Waals surface area contributed by atoms with Gasteiger partial charge in [0.25, 0.3) is 0 Å². The third kappa shape index (κ3) is 2.61. The zero-order chi connectivity index (χ0) is 11.2. The molecule has 2 aromatic rings. The minimum atomic E-state index is 0.583. The van der Waals surface area contributed by atoms with E-state index in [0.29, 0.717) is 5.92 Å². The minimum absolute atomic E-state index is 0.583. The Kier molecular flexibility index (Phi) is 3.95. The van der Waals surface area contributed by atoms with E-state index in [9.17, 15) is 0 Å². The predicted molar refractivity (Wildman–Crippen MR) is 74.1 cm³/mol. The molecule has 0 atom stereocenters. The summed E-state index contributed by atoms with van der Waals surface area (Å²) in [5.41, 5.74) is 2.90. The minimum Gasteiger partial charge on any atom is -0.0650 e. The van der Waals surface area contributed by atoms with Crippen LogP contribution in [0.25, 0.3) is 0 Å². The second kappa shape index (κ2) is 5.66. The summed E-state index contributed by atoms with van der Waals surface area (Å²) in [6.45, 7) is 0. The van der Waals surface area contributed by atoms with Crippen molar-refractivity contribution < 1.29 is 0 Å². The van der Waals surface area contributed by atoms with Gasteiger partial charge in [-0.25, -0.2) is 0 Å². The van der Waals surface area contributed by atoms with Crippen LogP contribution >= 0.6 is 0 Å². The summed E-state index contributed by atoms with van der Waals surface area (Å²) in [6, 6.07) is 23.1. The van der Waals surface area contributed by atoms with Crippen LogP contribution in [0.4, 0.5) is 0 Å². The van der Waals surface area contributed by atoms with Crippen molar-refractivity contribution >= 4 is 10.2 Å². The largest absolute Gasteiger partial charge is 0.0650 e. The highest BCUT2D eigenvalue weighted by Crippen LogP contribution is 2.28. The number of rotatable bonds is 4. The Hall–Kier alpha value is -1.34. The van der Waals surface area contributed by atoms with Crippen LogP contribution in [0.1, 0.15) is 23.5 Å². The molecule has 0 N–H and O–H groups in total. The summed E-state index contributed by atoms with van der Waals surface area (Å²) in [5, 5.41) is 0. The Morgan fingerprint density at radius 2 is 1.19 bits per heavy atom. The second-order valence-electron chi connectivity index (χ2n) is 4.16. The highest BCUT2D eigenvalue weighted by atomic mass is 28.1. The van der Waals surface area contributed by atoms with E-state index >= 15 is 0 Å². The Bertz CT molecular complexity index is 368. The van der Waals surface area contributed by atoms with Crippen LogP contribution < -0.4 is 0 Å². The van der Waals surface area contributed by atoms with Crippen molar-refractivity contribution in [1.29, 1.82) is 0 Å². The summed E-state index contributed by atoms with van der Waals surface area (Å²) in [5.74, 6) is 0.583. The van der Waals surface area contributed by atoms with Crippen molar-refractivity contribution in [1.82, 2.24) is 0 Å². The topological polar surface area (TPSA) is 0 Å². The van der Waals surface area contributed by atoms with Crippen molar-refractivity contribution in [2.75, 3.05) is 0 Å². The van der Waals surface area contributed by atoms with Gasteiger partial charge in [0.1, 0.15) is 0 Å². The van der Waals surface area contributed by atoms with Crippen LogP contribution in [0.5, 0.6) is 0 Å². The van der Waals surface area contributed by atoms with Crippen LogP contribution in [0.3, 0.4) is 0 Å². The standard InChI is InChI=1S/C15H18Si/c16-12-11-15(13-7-3-1-4-8-13)14-9-5-2-6-10-14/h1-10,15H,11-12H2,16H3. The lowest BCUT2D eigenvalue weighted by molar-refractivity contribution is 0.776. The molecule has 0 nitrogen and oxygen atoms in total. The first kappa shape index (κ1) is 11.2. The van der Waals surface area contributed by atoms with Gasteiger partial charge in [-0.1, -0.05) is 66.7 Å². The van der Waals surface area contributed by atoms with Crippen molar-refractivity contribution in [2.45, 2.75) is 18.4 Å². The molecule has 0 fully saturated rings. The molecule has 0 saturated heterocycles. The van der Waals surface area contributed by atoms with Gasteiger partial charge in [0, 0.05) is 16.2 Å². The van der Waals surface area contributed by atoms with E-state index in [1.54, 1.807) is 0 Å². The average molecular weight is 226 g/mol. The summed E-state index contributed by atoms with van der Waals surface area (Å²) in [7, 11) is 1.29. The molecule has 0 aliphatic rings. The summed E-state index contributed by atoms with van der Waals surface area (Å²) in [4.78, 5) is 0. The highest BCUT2D eigenvalue weighted by Gasteiger charge is 2.11. The molecule has 82 valence electrons. The van der Waals surface area contributed by atoms with Crippen LogP contribution in [0.2, 0.25) is 6.04 Å². The third-order valence-electron chi connectivity index (χ3n) is 2.98. The highest BCUT2D eigenvalue weighted by molar-refractivity contribution is 6.08. The van der Waals surface area contributed by atoms with Gasteiger partial charge >= 0.3 is 0 Å². The maximum atomic E-state index is 2.24. The van der Waals surface area contributed by atoms with Gasteiger partial charge in [-0.2, -0.15) is 0 Å². The van der Waals surface area contributed by atoms with Gasteiger partial charge < -0.3 is 0 Å². The fourth-order valence-corrected chi connectivity index (χ4v) is 2.76.